The van der Waals surface area contributed by atoms with Crippen LogP contribution in [0.15, 0.2) is 58.9 Å². The summed E-state index contributed by atoms with van der Waals surface area (Å²) in [7, 11) is -3.11. The third kappa shape index (κ3) is 4.00. The number of thioether (sulfide) groups is 1. The van der Waals surface area contributed by atoms with E-state index in [0.29, 0.717) is 15.6 Å². The lowest BCUT2D eigenvalue weighted by molar-refractivity contribution is -0.123. The fourth-order valence-electron chi connectivity index (χ4n) is 3.73. The van der Waals surface area contributed by atoms with Crippen LogP contribution < -0.4 is 0 Å². The van der Waals surface area contributed by atoms with Gasteiger partial charge in [-0.2, -0.15) is 5.10 Å². The number of sulfone groups is 1. The van der Waals surface area contributed by atoms with E-state index in [9.17, 15) is 13.2 Å². The van der Waals surface area contributed by atoms with Gasteiger partial charge < -0.3 is 0 Å². The topological polar surface area (TPSA) is 72.3 Å². The highest BCUT2D eigenvalue weighted by atomic mass is 32.2. The van der Waals surface area contributed by atoms with Gasteiger partial charge in [-0.25, -0.2) is 13.1 Å². The number of thiocarbonyl (C=S) groups is 1. The first-order chi connectivity index (χ1) is 14.9. The smallest absolute Gasteiger partial charge is 0.266 e. The maximum atomic E-state index is 13.1. The number of benzene rings is 1. The molecule has 2 aliphatic heterocycles. The number of hydrogen-bond acceptors (Lipinski definition) is 7. The van der Waals surface area contributed by atoms with Crippen LogP contribution in [0.3, 0.4) is 0 Å². The molecule has 10 heteroatoms. The molecule has 2 fully saturated rings. The predicted molar refractivity (Wildman–Crippen MR) is 129 cm³/mol. The highest BCUT2D eigenvalue weighted by Crippen LogP contribution is 2.38. The zero-order valence-electron chi connectivity index (χ0n) is 16.2. The first-order valence-corrected chi connectivity index (χ1v) is 13.5. The van der Waals surface area contributed by atoms with Crippen molar-refractivity contribution in [3.8, 4) is 16.3 Å². The fraction of sp³-hybridized carbons (Fsp3) is 0.190. The molecule has 1 amide bonds. The minimum atomic E-state index is -3.11. The molecule has 0 aliphatic carbocycles. The van der Waals surface area contributed by atoms with Crippen LogP contribution in [0, 0.1) is 0 Å². The van der Waals surface area contributed by atoms with E-state index in [1.165, 1.54) is 16.7 Å². The van der Waals surface area contributed by atoms with Crippen LogP contribution in [0.2, 0.25) is 0 Å². The number of aromatic nitrogens is 2. The first-order valence-electron chi connectivity index (χ1n) is 9.58. The molecule has 1 aromatic carbocycles. The molecule has 0 radical (unpaired) electrons. The standard InChI is InChI=1S/C21H17N3O3S4/c25-20-18(30-21(28)24(20)16-8-10-31(26,27)13-16)11-14-12-23(15-5-2-1-3-6-15)22-19(14)17-7-4-9-29-17/h1-7,9,11-12,16H,8,10,13H2/b18-11-. The van der Waals surface area contributed by atoms with Crippen molar-refractivity contribution in [3.63, 3.8) is 0 Å². The van der Waals surface area contributed by atoms with E-state index in [2.05, 4.69) is 0 Å². The molecule has 1 unspecified atom stereocenters. The van der Waals surface area contributed by atoms with Crippen LogP contribution in [0.5, 0.6) is 0 Å². The Kier molecular flexibility index (Phi) is 5.33. The Morgan fingerprint density at radius 2 is 1.97 bits per heavy atom. The van der Waals surface area contributed by atoms with Crippen molar-refractivity contribution in [1.82, 2.24) is 14.7 Å². The molecule has 0 saturated carbocycles. The molecular weight excluding hydrogens is 471 g/mol. The number of carbonyl (C=O) groups excluding carboxylic acids is 1. The number of amides is 1. The molecule has 6 nitrogen and oxygen atoms in total. The summed E-state index contributed by atoms with van der Waals surface area (Å²) in [5.41, 5.74) is 2.52. The van der Waals surface area contributed by atoms with Gasteiger partial charge in [-0.15, -0.1) is 11.3 Å². The Labute approximate surface area is 193 Å². The summed E-state index contributed by atoms with van der Waals surface area (Å²) in [6.07, 6.45) is 4.13. The second kappa shape index (κ2) is 8.01. The lowest BCUT2D eigenvalue weighted by Gasteiger charge is -2.20. The molecule has 158 valence electrons. The lowest BCUT2D eigenvalue weighted by Crippen LogP contribution is -2.39. The largest absolute Gasteiger partial charge is 0.289 e. The van der Waals surface area contributed by atoms with Crippen LogP contribution in [0.25, 0.3) is 22.3 Å². The van der Waals surface area contributed by atoms with E-state index in [1.807, 2.05) is 60.1 Å². The summed E-state index contributed by atoms with van der Waals surface area (Å²) in [5.74, 6) is -0.166. The monoisotopic (exact) mass is 487 g/mol. The molecule has 0 N–H and O–H groups in total. The molecule has 0 bridgehead atoms. The van der Waals surface area contributed by atoms with E-state index < -0.39 is 9.84 Å². The minimum absolute atomic E-state index is 0.0287. The Morgan fingerprint density at radius 3 is 2.65 bits per heavy atom. The number of hydrogen-bond donors (Lipinski definition) is 0. The van der Waals surface area contributed by atoms with Crippen molar-refractivity contribution in [1.29, 1.82) is 0 Å². The minimum Gasteiger partial charge on any atom is -0.289 e. The van der Waals surface area contributed by atoms with E-state index in [-0.39, 0.29) is 23.5 Å². The van der Waals surface area contributed by atoms with Crippen molar-refractivity contribution in [2.24, 2.45) is 0 Å². The molecule has 31 heavy (non-hydrogen) atoms. The Morgan fingerprint density at radius 1 is 1.16 bits per heavy atom. The van der Waals surface area contributed by atoms with Gasteiger partial charge in [0.1, 0.15) is 10.0 Å². The third-order valence-corrected chi connectivity index (χ3v) is 9.16. The third-order valence-electron chi connectivity index (χ3n) is 5.20. The SMILES string of the molecule is O=C1/C(=C/c2cn(-c3ccccc3)nc2-c2cccs2)SC(=S)N1C1CCS(=O)(=O)C1. The number of carbonyl (C=O) groups is 1. The summed E-state index contributed by atoms with van der Waals surface area (Å²) in [4.78, 5) is 16.1. The average Bonchev–Trinajstić information content (AvgIpc) is 3.51. The van der Waals surface area contributed by atoms with Gasteiger partial charge in [0.05, 0.1) is 33.0 Å². The van der Waals surface area contributed by atoms with E-state index in [4.69, 9.17) is 17.3 Å². The van der Waals surface area contributed by atoms with Crippen molar-refractivity contribution >= 4 is 61.5 Å². The molecule has 2 saturated heterocycles. The summed E-state index contributed by atoms with van der Waals surface area (Å²) < 4.78 is 26.0. The quantitative estimate of drug-likeness (QED) is 0.409. The van der Waals surface area contributed by atoms with Crippen molar-refractivity contribution in [2.75, 3.05) is 11.5 Å². The van der Waals surface area contributed by atoms with Gasteiger partial charge in [0.25, 0.3) is 5.91 Å². The number of para-hydroxylation sites is 1. The van der Waals surface area contributed by atoms with Crippen molar-refractivity contribution in [2.45, 2.75) is 12.5 Å². The van der Waals surface area contributed by atoms with Crippen molar-refractivity contribution < 1.29 is 13.2 Å². The van der Waals surface area contributed by atoms with Crippen LogP contribution in [-0.4, -0.2) is 50.9 Å². The summed E-state index contributed by atoms with van der Waals surface area (Å²) in [6.45, 7) is 0. The maximum absolute atomic E-state index is 13.1. The summed E-state index contributed by atoms with van der Waals surface area (Å²) in [6, 6.07) is 13.4. The Balaban J connectivity index is 1.52. The lowest BCUT2D eigenvalue weighted by atomic mass is 10.2. The van der Waals surface area contributed by atoms with Crippen molar-refractivity contribution in [3.05, 3.63) is 64.5 Å². The number of thiophene rings is 1. The Bertz CT molecular complexity index is 1290. The van der Waals surface area contributed by atoms with Crippen LogP contribution >= 0.6 is 35.3 Å². The van der Waals surface area contributed by atoms with Gasteiger partial charge in [0.15, 0.2) is 9.84 Å². The van der Waals surface area contributed by atoms with E-state index in [1.54, 1.807) is 16.0 Å². The van der Waals surface area contributed by atoms with Gasteiger partial charge in [0.2, 0.25) is 0 Å². The van der Waals surface area contributed by atoms with Gasteiger partial charge in [-0.1, -0.05) is 48.2 Å². The first kappa shape index (κ1) is 20.6. The average molecular weight is 488 g/mol. The highest BCUT2D eigenvalue weighted by molar-refractivity contribution is 8.26. The molecule has 1 atom stereocenters. The molecule has 2 aliphatic rings. The summed E-state index contributed by atoms with van der Waals surface area (Å²) >= 11 is 8.22. The second-order valence-electron chi connectivity index (χ2n) is 7.30. The molecular formula is C21H17N3O3S4. The normalized spacial score (nSPS) is 22.0. The number of rotatable bonds is 4. The van der Waals surface area contributed by atoms with Gasteiger partial charge in [0, 0.05) is 11.8 Å². The van der Waals surface area contributed by atoms with E-state index >= 15 is 0 Å². The molecule has 0 spiro atoms. The highest BCUT2D eigenvalue weighted by Gasteiger charge is 2.42. The van der Waals surface area contributed by atoms with Gasteiger partial charge in [-0.05, 0) is 36.1 Å². The van der Waals surface area contributed by atoms with Crippen LogP contribution in [0.4, 0.5) is 0 Å². The zero-order chi connectivity index (χ0) is 21.6. The second-order valence-corrected chi connectivity index (χ2v) is 12.2. The molecule has 5 rings (SSSR count). The molecule has 2 aromatic heterocycles. The number of nitrogens with zero attached hydrogens (tertiary/aromatic N) is 3. The molecule has 4 heterocycles. The Hall–Kier alpha value is -2.27. The van der Waals surface area contributed by atoms with Crippen LogP contribution in [0.1, 0.15) is 12.0 Å². The fourth-order valence-corrected chi connectivity index (χ4v) is 7.55. The van der Waals surface area contributed by atoms with Crippen LogP contribution in [-0.2, 0) is 14.6 Å². The van der Waals surface area contributed by atoms with Gasteiger partial charge >= 0.3 is 0 Å². The summed E-state index contributed by atoms with van der Waals surface area (Å²) in [5, 5.41) is 6.75. The van der Waals surface area contributed by atoms with E-state index in [0.717, 1.165) is 21.8 Å². The van der Waals surface area contributed by atoms with Gasteiger partial charge in [-0.3, -0.25) is 9.69 Å². The zero-order valence-corrected chi connectivity index (χ0v) is 19.4. The molecule has 3 aromatic rings. The maximum Gasteiger partial charge on any atom is 0.266 e. The predicted octanol–water partition coefficient (Wildman–Crippen LogP) is 3.99.